The fourth-order valence-corrected chi connectivity index (χ4v) is 3.85. The summed E-state index contributed by atoms with van der Waals surface area (Å²) in [7, 11) is 0. The van der Waals surface area contributed by atoms with Crippen LogP contribution >= 0.6 is 0 Å². The van der Waals surface area contributed by atoms with E-state index >= 15 is 0 Å². The number of aromatic nitrogens is 3. The summed E-state index contributed by atoms with van der Waals surface area (Å²) in [6.07, 6.45) is 4.57. The van der Waals surface area contributed by atoms with Gasteiger partial charge in [-0.1, -0.05) is 6.07 Å². The summed E-state index contributed by atoms with van der Waals surface area (Å²) in [5, 5.41) is 14.9. The number of nitrogens with one attached hydrogen (secondary N) is 1. The van der Waals surface area contributed by atoms with Crippen molar-refractivity contribution in [2.75, 3.05) is 43.2 Å². The van der Waals surface area contributed by atoms with E-state index in [4.69, 9.17) is 9.47 Å². The Hall–Kier alpha value is -3.99. The quantitative estimate of drug-likeness (QED) is 0.457. The number of anilines is 3. The molecule has 32 heavy (non-hydrogen) atoms. The van der Waals surface area contributed by atoms with E-state index in [2.05, 4.69) is 25.2 Å². The largest absolute Gasteiger partial charge is 0.454 e. The van der Waals surface area contributed by atoms with E-state index in [-0.39, 0.29) is 18.3 Å². The molecule has 0 spiro atoms. The molecule has 11 heteroatoms. The average molecular weight is 435 g/mol. The number of rotatable bonds is 6. The molecule has 2 aromatic heterocycles. The van der Waals surface area contributed by atoms with Gasteiger partial charge in [-0.3, -0.25) is 20.0 Å². The molecule has 1 fully saturated rings. The molecule has 0 saturated carbocycles. The standard InChI is InChI=1S/C21H21N7O4/c29-28(30)19-20(25-16-3-5-22-6-4-16)23-13-24-21(19)27-9-7-26(8-10-27)12-15-1-2-17-18(11-15)32-14-31-17/h1-6,11,13H,7-10,12,14H2,(H,22,23,24,25). The minimum atomic E-state index is -0.433. The normalized spacial score (nSPS) is 15.6. The topological polar surface area (TPSA) is 119 Å². The van der Waals surface area contributed by atoms with Crippen LogP contribution in [0.4, 0.5) is 23.0 Å². The zero-order chi connectivity index (χ0) is 21.9. The molecule has 2 aliphatic rings. The second kappa shape index (κ2) is 8.63. The zero-order valence-corrected chi connectivity index (χ0v) is 17.2. The minimum absolute atomic E-state index is 0.131. The van der Waals surface area contributed by atoms with Crippen LogP contribution in [0.5, 0.6) is 11.5 Å². The summed E-state index contributed by atoms with van der Waals surface area (Å²) in [5.74, 6) is 2.02. The zero-order valence-electron chi connectivity index (χ0n) is 17.2. The maximum absolute atomic E-state index is 11.9. The predicted molar refractivity (Wildman–Crippen MR) is 116 cm³/mol. The molecule has 0 amide bonds. The van der Waals surface area contributed by atoms with Crippen LogP contribution in [0.25, 0.3) is 0 Å². The molecule has 0 unspecified atom stereocenters. The number of nitro groups is 1. The van der Waals surface area contributed by atoms with E-state index in [1.807, 2.05) is 23.1 Å². The van der Waals surface area contributed by atoms with Crippen LogP contribution in [0.3, 0.4) is 0 Å². The van der Waals surface area contributed by atoms with Crippen molar-refractivity contribution in [1.82, 2.24) is 19.9 Å². The van der Waals surface area contributed by atoms with Crippen LogP contribution < -0.4 is 19.7 Å². The lowest BCUT2D eigenvalue weighted by atomic mass is 10.1. The van der Waals surface area contributed by atoms with Gasteiger partial charge in [0.05, 0.1) is 4.92 Å². The van der Waals surface area contributed by atoms with Crippen molar-refractivity contribution in [3.8, 4) is 11.5 Å². The molecule has 0 aliphatic carbocycles. The van der Waals surface area contributed by atoms with Gasteiger partial charge in [0.25, 0.3) is 0 Å². The predicted octanol–water partition coefficient (Wildman–Crippen LogP) is 2.57. The lowest BCUT2D eigenvalue weighted by Gasteiger charge is -2.35. The van der Waals surface area contributed by atoms with E-state index in [0.717, 1.165) is 36.7 Å². The van der Waals surface area contributed by atoms with E-state index in [1.54, 1.807) is 24.5 Å². The first-order valence-electron chi connectivity index (χ1n) is 10.2. The third kappa shape index (κ3) is 4.10. The molecular weight excluding hydrogens is 414 g/mol. The second-order valence-corrected chi connectivity index (χ2v) is 7.46. The summed E-state index contributed by atoms with van der Waals surface area (Å²) in [4.78, 5) is 28.0. The van der Waals surface area contributed by atoms with Crippen LogP contribution in [-0.4, -0.2) is 57.7 Å². The molecule has 1 N–H and O–H groups in total. The van der Waals surface area contributed by atoms with Crippen molar-refractivity contribution in [3.05, 3.63) is 64.7 Å². The number of nitrogens with zero attached hydrogens (tertiary/aromatic N) is 6. The summed E-state index contributed by atoms with van der Waals surface area (Å²) < 4.78 is 10.8. The van der Waals surface area contributed by atoms with E-state index < -0.39 is 4.92 Å². The summed E-state index contributed by atoms with van der Waals surface area (Å²) in [6.45, 7) is 3.78. The molecule has 4 heterocycles. The fourth-order valence-electron chi connectivity index (χ4n) is 3.85. The van der Waals surface area contributed by atoms with Crippen LogP contribution in [-0.2, 0) is 6.54 Å². The Morgan fingerprint density at radius 1 is 1.03 bits per heavy atom. The van der Waals surface area contributed by atoms with Crippen LogP contribution in [0.2, 0.25) is 0 Å². The molecule has 1 saturated heterocycles. The second-order valence-electron chi connectivity index (χ2n) is 7.46. The number of fused-ring (bicyclic) bond motifs is 1. The average Bonchev–Trinajstić information content (AvgIpc) is 3.28. The Labute approximate surface area is 183 Å². The number of ether oxygens (including phenoxy) is 2. The first kappa shape index (κ1) is 19.9. The highest BCUT2D eigenvalue weighted by Gasteiger charge is 2.29. The van der Waals surface area contributed by atoms with Gasteiger partial charge in [0.1, 0.15) is 6.33 Å². The highest BCUT2D eigenvalue weighted by atomic mass is 16.7. The molecule has 11 nitrogen and oxygen atoms in total. The lowest BCUT2D eigenvalue weighted by Crippen LogP contribution is -2.46. The smallest absolute Gasteiger partial charge is 0.353 e. The van der Waals surface area contributed by atoms with Crippen LogP contribution in [0.15, 0.2) is 49.1 Å². The van der Waals surface area contributed by atoms with E-state index in [9.17, 15) is 10.1 Å². The Morgan fingerprint density at radius 2 is 1.81 bits per heavy atom. The van der Waals surface area contributed by atoms with Gasteiger partial charge in [-0.05, 0) is 29.8 Å². The first-order valence-corrected chi connectivity index (χ1v) is 10.2. The monoisotopic (exact) mass is 435 g/mol. The van der Waals surface area contributed by atoms with Gasteiger partial charge in [0.15, 0.2) is 11.5 Å². The van der Waals surface area contributed by atoms with E-state index in [0.29, 0.717) is 24.6 Å². The fraction of sp³-hybridized carbons (Fsp3) is 0.286. The molecular formula is C21H21N7O4. The van der Waals surface area contributed by atoms with Crippen molar-refractivity contribution in [2.45, 2.75) is 6.54 Å². The highest BCUT2D eigenvalue weighted by molar-refractivity contribution is 5.74. The highest BCUT2D eigenvalue weighted by Crippen LogP contribution is 2.35. The van der Waals surface area contributed by atoms with Crippen molar-refractivity contribution in [3.63, 3.8) is 0 Å². The molecule has 0 radical (unpaired) electrons. The first-order chi connectivity index (χ1) is 15.7. The Balaban J connectivity index is 1.29. The number of benzene rings is 1. The van der Waals surface area contributed by atoms with Crippen LogP contribution in [0, 0.1) is 10.1 Å². The van der Waals surface area contributed by atoms with Crippen molar-refractivity contribution in [2.24, 2.45) is 0 Å². The molecule has 5 rings (SSSR count). The third-order valence-electron chi connectivity index (χ3n) is 5.44. The summed E-state index contributed by atoms with van der Waals surface area (Å²) >= 11 is 0. The lowest BCUT2D eigenvalue weighted by molar-refractivity contribution is -0.383. The molecule has 164 valence electrons. The number of hydrogen-bond donors (Lipinski definition) is 1. The Bertz CT molecular complexity index is 1120. The van der Waals surface area contributed by atoms with Crippen molar-refractivity contribution < 1.29 is 14.4 Å². The van der Waals surface area contributed by atoms with Crippen LogP contribution in [0.1, 0.15) is 5.56 Å². The number of pyridine rings is 1. The molecule has 0 bridgehead atoms. The van der Waals surface area contributed by atoms with Gasteiger partial charge in [-0.25, -0.2) is 9.97 Å². The molecule has 0 atom stereocenters. The van der Waals surface area contributed by atoms with Crippen molar-refractivity contribution >= 4 is 23.0 Å². The third-order valence-corrected chi connectivity index (χ3v) is 5.44. The van der Waals surface area contributed by atoms with Gasteiger partial charge in [0, 0.05) is 50.8 Å². The molecule has 3 aromatic rings. The summed E-state index contributed by atoms with van der Waals surface area (Å²) in [5.41, 5.74) is 1.68. The number of piperazine rings is 1. The maximum atomic E-state index is 11.9. The minimum Gasteiger partial charge on any atom is -0.454 e. The summed E-state index contributed by atoms with van der Waals surface area (Å²) in [6, 6.07) is 9.41. The van der Waals surface area contributed by atoms with Gasteiger partial charge >= 0.3 is 5.69 Å². The van der Waals surface area contributed by atoms with Gasteiger partial charge < -0.3 is 19.7 Å². The van der Waals surface area contributed by atoms with Gasteiger partial charge in [0.2, 0.25) is 18.4 Å². The molecule has 2 aliphatic heterocycles. The SMILES string of the molecule is O=[N+]([O-])c1c(Nc2ccncc2)ncnc1N1CCN(Cc2ccc3c(c2)OCO3)CC1. The maximum Gasteiger partial charge on any atom is 0.353 e. The van der Waals surface area contributed by atoms with Gasteiger partial charge in [-0.15, -0.1) is 0 Å². The Morgan fingerprint density at radius 3 is 2.59 bits per heavy atom. The number of hydrogen-bond acceptors (Lipinski definition) is 10. The van der Waals surface area contributed by atoms with Gasteiger partial charge in [-0.2, -0.15) is 0 Å². The Kier molecular flexibility index (Phi) is 5.38. The van der Waals surface area contributed by atoms with E-state index in [1.165, 1.54) is 6.33 Å². The molecule has 1 aromatic carbocycles. The van der Waals surface area contributed by atoms with Crippen molar-refractivity contribution in [1.29, 1.82) is 0 Å².